The van der Waals surface area contributed by atoms with Crippen LogP contribution in [0.5, 0.6) is 5.75 Å². The number of hydrogen-bond acceptors (Lipinski definition) is 2. The van der Waals surface area contributed by atoms with E-state index in [1.54, 1.807) is 0 Å². The lowest BCUT2D eigenvalue weighted by molar-refractivity contribution is 0.317. The van der Waals surface area contributed by atoms with Crippen LogP contribution >= 0.6 is 0 Å². The molecule has 0 atom stereocenters. The van der Waals surface area contributed by atoms with Crippen molar-refractivity contribution in [2.24, 2.45) is 0 Å². The van der Waals surface area contributed by atoms with Crippen molar-refractivity contribution in [3.63, 3.8) is 0 Å². The first-order valence-corrected chi connectivity index (χ1v) is 4.45. The third-order valence-corrected chi connectivity index (χ3v) is 1.65. The van der Waals surface area contributed by atoms with Crippen LogP contribution in [0.3, 0.4) is 0 Å². The standard InChI is InChI=1S/C11H13NO/c1-2-8-13-11-5-3-4-10(9-11)6-7-12/h3-5,9H,2,6,8H2,1H3. The third kappa shape index (κ3) is 3.16. The molecule has 2 nitrogen and oxygen atoms in total. The van der Waals surface area contributed by atoms with Crippen molar-refractivity contribution in [2.75, 3.05) is 6.61 Å². The highest BCUT2D eigenvalue weighted by Gasteiger charge is 1.95. The Labute approximate surface area is 78.8 Å². The van der Waals surface area contributed by atoms with Gasteiger partial charge in [0.15, 0.2) is 0 Å². The Morgan fingerprint density at radius 3 is 3.00 bits per heavy atom. The molecule has 68 valence electrons. The highest BCUT2D eigenvalue weighted by molar-refractivity contribution is 5.29. The van der Waals surface area contributed by atoms with E-state index in [2.05, 4.69) is 13.0 Å². The summed E-state index contributed by atoms with van der Waals surface area (Å²) in [5, 5.41) is 8.50. The Balaban J connectivity index is 2.63. The largest absolute Gasteiger partial charge is 0.494 e. The molecule has 1 rings (SSSR count). The second-order valence-electron chi connectivity index (χ2n) is 2.83. The molecule has 0 radical (unpaired) electrons. The molecule has 0 N–H and O–H groups in total. The summed E-state index contributed by atoms with van der Waals surface area (Å²) < 4.78 is 5.43. The molecule has 1 aromatic carbocycles. The van der Waals surface area contributed by atoms with Crippen LogP contribution < -0.4 is 4.74 Å². The first-order valence-electron chi connectivity index (χ1n) is 4.45. The van der Waals surface area contributed by atoms with E-state index in [0.29, 0.717) is 6.42 Å². The number of rotatable bonds is 4. The molecule has 0 unspecified atom stereocenters. The summed E-state index contributed by atoms with van der Waals surface area (Å²) in [6, 6.07) is 9.79. The zero-order valence-corrected chi connectivity index (χ0v) is 7.79. The van der Waals surface area contributed by atoms with Gasteiger partial charge in [-0.3, -0.25) is 0 Å². The summed E-state index contributed by atoms with van der Waals surface area (Å²) in [4.78, 5) is 0. The molecule has 0 amide bonds. The van der Waals surface area contributed by atoms with Gasteiger partial charge in [-0.2, -0.15) is 5.26 Å². The Morgan fingerprint density at radius 2 is 2.31 bits per heavy atom. The number of benzene rings is 1. The van der Waals surface area contributed by atoms with Crippen molar-refractivity contribution >= 4 is 0 Å². The van der Waals surface area contributed by atoms with E-state index < -0.39 is 0 Å². The van der Waals surface area contributed by atoms with Crippen molar-refractivity contribution in [2.45, 2.75) is 19.8 Å². The maximum atomic E-state index is 8.50. The molecule has 0 aliphatic rings. The first-order chi connectivity index (χ1) is 6.36. The molecular formula is C11H13NO. The van der Waals surface area contributed by atoms with E-state index in [1.807, 2.05) is 24.3 Å². The lowest BCUT2D eigenvalue weighted by Crippen LogP contribution is -1.95. The van der Waals surface area contributed by atoms with Crippen LogP contribution in [-0.4, -0.2) is 6.61 Å². The number of nitriles is 1. The fraction of sp³-hybridized carbons (Fsp3) is 0.364. The Morgan fingerprint density at radius 1 is 1.46 bits per heavy atom. The SMILES string of the molecule is CCCOc1cccc(CC#N)c1. The molecule has 13 heavy (non-hydrogen) atoms. The fourth-order valence-corrected chi connectivity index (χ4v) is 1.06. The minimum absolute atomic E-state index is 0.448. The van der Waals surface area contributed by atoms with Crippen molar-refractivity contribution < 1.29 is 4.74 Å². The highest BCUT2D eigenvalue weighted by Crippen LogP contribution is 2.13. The number of ether oxygens (including phenoxy) is 1. The lowest BCUT2D eigenvalue weighted by atomic mass is 10.1. The summed E-state index contributed by atoms with van der Waals surface area (Å²) in [5.74, 6) is 0.856. The van der Waals surface area contributed by atoms with Gasteiger partial charge in [0, 0.05) is 0 Å². The lowest BCUT2D eigenvalue weighted by Gasteiger charge is -2.04. The minimum Gasteiger partial charge on any atom is -0.494 e. The van der Waals surface area contributed by atoms with Gasteiger partial charge >= 0.3 is 0 Å². The molecule has 0 aliphatic carbocycles. The van der Waals surface area contributed by atoms with Gasteiger partial charge in [0.25, 0.3) is 0 Å². The van der Waals surface area contributed by atoms with E-state index in [-0.39, 0.29) is 0 Å². The predicted octanol–water partition coefficient (Wildman–Crippen LogP) is 2.54. The van der Waals surface area contributed by atoms with E-state index in [9.17, 15) is 0 Å². The van der Waals surface area contributed by atoms with Crippen molar-refractivity contribution in [3.05, 3.63) is 29.8 Å². The molecule has 0 aromatic heterocycles. The van der Waals surface area contributed by atoms with Crippen LogP contribution in [0.15, 0.2) is 24.3 Å². The van der Waals surface area contributed by atoms with Crippen molar-refractivity contribution in [1.82, 2.24) is 0 Å². The molecule has 0 fully saturated rings. The first kappa shape index (κ1) is 9.60. The molecular weight excluding hydrogens is 162 g/mol. The molecule has 0 heterocycles. The molecule has 0 spiro atoms. The van der Waals surface area contributed by atoms with Gasteiger partial charge in [-0.25, -0.2) is 0 Å². The van der Waals surface area contributed by atoms with Crippen LogP contribution in [-0.2, 0) is 6.42 Å². The molecule has 2 heteroatoms. The number of hydrogen-bond donors (Lipinski definition) is 0. The predicted molar refractivity (Wildman–Crippen MR) is 51.5 cm³/mol. The van der Waals surface area contributed by atoms with Gasteiger partial charge in [-0.1, -0.05) is 19.1 Å². The maximum Gasteiger partial charge on any atom is 0.119 e. The van der Waals surface area contributed by atoms with Crippen LogP contribution in [0.2, 0.25) is 0 Å². The summed E-state index contributed by atoms with van der Waals surface area (Å²) in [6.45, 7) is 2.80. The van der Waals surface area contributed by atoms with Crippen LogP contribution in [0.25, 0.3) is 0 Å². The normalized spacial score (nSPS) is 9.23. The van der Waals surface area contributed by atoms with E-state index in [4.69, 9.17) is 10.00 Å². The van der Waals surface area contributed by atoms with Gasteiger partial charge in [-0.05, 0) is 24.1 Å². The average Bonchev–Trinajstić information content (AvgIpc) is 2.16. The maximum absolute atomic E-state index is 8.50. The van der Waals surface area contributed by atoms with Crippen molar-refractivity contribution in [3.8, 4) is 11.8 Å². The van der Waals surface area contributed by atoms with Gasteiger partial charge in [-0.15, -0.1) is 0 Å². The molecule has 0 bridgehead atoms. The summed E-state index contributed by atoms with van der Waals surface area (Å²) in [7, 11) is 0. The molecule has 0 aliphatic heterocycles. The zero-order valence-electron chi connectivity index (χ0n) is 7.79. The second-order valence-corrected chi connectivity index (χ2v) is 2.83. The summed E-state index contributed by atoms with van der Waals surface area (Å²) in [6.07, 6.45) is 1.45. The van der Waals surface area contributed by atoms with Gasteiger partial charge in [0.05, 0.1) is 19.1 Å². The van der Waals surface area contributed by atoms with Gasteiger partial charge in [0.2, 0.25) is 0 Å². The smallest absolute Gasteiger partial charge is 0.119 e. The Bertz CT molecular complexity index is 301. The van der Waals surface area contributed by atoms with Crippen LogP contribution in [0.4, 0.5) is 0 Å². The highest BCUT2D eigenvalue weighted by atomic mass is 16.5. The average molecular weight is 175 g/mol. The quantitative estimate of drug-likeness (QED) is 0.704. The van der Waals surface area contributed by atoms with Crippen molar-refractivity contribution in [1.29, 1.82) is 5.26 Å². The summed E-state index contributed by atoms with van der Waals surface area (Å²) in [5.41, 5.74) is 1.01. The number of nitrogens with zero attached hydrogens (tertiary/aromatic N) is 1. The molecule has 0 saturated heterocycles. The monoisotopic (exact) mass is 175 g/mol. The zero-order chi connectivity index (χ0) is 9.52. The molecule has 0 saturated carbocycles. The van der Waals surface area contributed by atoms with Gasteiger partial charge < -0.3 is 4.74 Å². The molecule has 1 aromatic rings. The van der Waals surface area contributed by atoms with Gasteiger partial charge in [0.1, 0.15) is 5.75 Å². The minimum atomic E-state index is 0.448. The third-order valence-electron chi connectivity index (χ3n) is 1.65. The van der Waals surface area contributed by atoms with Crippen LogP contribution in [0, 0.1) is 11.3 Å². The fourth-order valence-electron chi connectivity index (χ4n) is 1.06. The topological polar surface area (TPSA) is 33.0 Å². The van der Waals surface area contributed by atoms with E-state index >= 15 is 0 Å². The second kappa shape index (κ2) is 5.21. The van der Waals surface area contributed by atoms with E-state index in [1.165, 1.54) is 0 Å². The Hall–Kier alpha value is -1.49. The van der Waals surface area contributed by atoms with Crippen LogP contribution in [0.1, 0.15) is 18.9 Å². The van der Waals surface area contributed by atoms with E-state index in [0.717, 1.165) is 24.3 Å². The Kier molecular flexibility index (Phi) is 3.84. The summed E-state index contributed by atoms with van der Waals surface area (Å²) >= 11 is 0.